The first-order valence-corrected chi connectivity index (χ1v) is 4.30. The second-order valence-corrected chi connectivity index (χ2v) is 3.21. The largest absolute Gasteiger partial charge is 0.294 e. The van der Waals surface area contributed by atoms with Crippen LogP contribution in [-0.2, 0) is 0 Å². The average molecular weight is 174 g/mol. The first kappa shape index (κ1) is 8.10. The van der Waals surface area contributed by atoms with Crippen LogP contribution >= 0.6 is 0 Å². The standard InChI is InChI=1S/C10H10N2O/c1-7-6-10(13)8-4-2-3-5-9(8)12-11-7/h2-5,7H,6H2,1H3. The number of fused-ring (bicyclic) bond motifs is 1. The van der Waals surface area contributed by atoms with Crippen molar-refractivity contribution in [1.82, 2.24) is 0 Å². The molecule has 3 nitrogen and oxygen atoms in total. The SMILES string of the molecule is CC1CC(=O)c2ccccc2N=N1. The van der Waals surface area contributed by atoms with Crippen molar-refractivity contribution in [3.63, 3.8) is 0 Å². The highest BCUT2D eigenvalue weighted by atomic mass is 16.1. The first-order valence-electron chi connectivity index (χ1n) is 4.30. The van der Waals surface area contributed by atoms with Crippen molar-refractivity contribution in [2.45, 2.75) is 19.4 Å². The van der Waals surface area contributed by atoms with Crippen LogP contribution in [0.5, 0.6) is 0 Å². The van der Waals surface area contributed by atoms with E-state index >= 15 is 0 Å². The molecular weight excluding hydrogens is 164 g/mol. The third-order valence-corrected chi connectivity index (χ3v) is 2.05. The summed E-state index contributed by atoms with van der Waals surface area (Å²) >= 11 is 0. The molecule has 1 aromatic rings. The molecule has 1 heterocycles. The van der Waals surface area contributed by atoms with Gasteiger partial charge in [-0.05, 0) is 19.1 Å². The van der Waals surface area contributed by atoms with E-state index < -0.39 is 0 Å². The van der Waals surface area contributed by atoms with Crippen LogP contribution in [0.3, 0.4) is 0 Å². The Morgan fingerprint density at radius 3 is 3.00 bits per heavy atom. The van der Waals surface area contributed by atoms with Gasteiger partial charge >= 0.3 is 0 Å². The van der Waals surface area contributed by atoms with Gasteiger partial charge in [-0.3, -0.25) is 4.79 Å². The predicted molar refractivity (Wildman–Crippen MR) is 49.4 cm³/mol. The number of Topliss-reactive ketones (excluding diaryl/α,β-unsaturated/α-hetero) is 1. The van der Waals surface area contributed by atoms with Crippen LogP contribution in [0.2, 0.25) is 0 Å². The van der Waals surface area contributed by atoms with E-state index in [-0.39, 0.29) is 11.8 Å². The van der Waals surface area contributed by atoms with E-state index in [4.69, 9.17) is 0 Å². The Morgan fingerprint density at radius 1 is 1.38 bits per heavy atom. The zero-order valence-electron chi connectivity index (χ0n) is 7.40. The summed E-state index contributed by atoms with van der Waals surface area (Å²) < 4.78 is 0. The van der Waals surface area contributed by atoms with Gasteiger partial charge in [0.15, 0.2) is 5.78 Å². The predicted octanol–water partition coefficient (Wildman–Crippen LogP) is 2.75. The van der Waals surface area contributed by atoms with Gasteiger partial charge in [0.1, 0.15) is 0 Å². The van der Waals surface area contributed by atoms with Crippen molar-refractivity contribution in [3.8, 4) is 0 Å². The molecule has 0 saturated heterocycles. The molecule has 1 atom stereocenters. The molecule has 3 heteroatoms. The zero-order chi connectivity index (χ0) is 9.26. The molecular formula is C10H10N2O. The van der Waals surface area contributed by atoms with Gasteiger partial charge in [-0.25, -0.2) is 0 Å². The third-order valence-electron chi connectivity index (χ3n) is 2.05. The number of ketones is 1. The topological polar surface area (TPSA) is 41.8 Å². The number of hydrogen-bond acceptors (Lipinski definition) is 3. The van der Waals surface area contributed by atoms with Crippen molar-refractivity contribution < 1.29 is 4.79 Å². The van der Waals surface area contributed by atoms with Crippen molar-refractivity contribution >= 4 is 11.5 Å². The van der Waals surface area contributed by atoms with Crippen LogP contribution in [0.25, 0.3) is 0 Å². The molecule has 0 radical (unpaired) electrons. The molecule has 2 rings (SSSR count). The van der Waals surface area contributed by atoms with Crippen molar-refractivity contribution in [3.05, 3.63) is 29.8 Å². The number of nitrogens with zero attached hydrogens (tertiary/aromatic N) is 2. The molecule has 1 aliphatic heterocycles. The van der Waals surface area contributed by atoms with Crippen molar-refractivity contribution in [2.75, 3.05) is 0 Å². The van der Waals surface area contributed by atoms with Crippen LogP contribution in [0.4, 0.5) is 5.69 Å². The summed E-state index contributed by atoms with van der Waals surface area (Å²) in [6.45, 7) is 1.90. The van der Waals surface area contributed by atoms with E-state index in [1.54, 1.807) is 6.07 Å². The summed E-state index contributed by atoms with van der Waals surface area (Å²) in [4.78, 5) is 11.6. The highest BCUT2D eigenvalue weighted by Gasteiger charge is 2.17. The lowest BCUT2D eigenvalue weighted by Gasteiger charge is -1.99. The number of azo groups is 1. The van der Waals surface area contributed by atoms with Crippen molar-refractivity contribution in [1.29, 1.82) is 0 Å². The molecule has 0 saturated carbocycles. The van der Waals surface area contributed by atoms with Crippen LogP contribution in [0.1, 0.15) is 23.7 Å². The molecule has 0 amide bonds. The highest BCUT2D eigenvalue weighted by molar-refractivity contribution is 6.01. The Kier molecular flexibility index (Phi) is 1.93. The Balaban J connectivity index is 2.51. The minimum atomic E-state index is -0.0000926. The van der Waals surface area contributed by atoms with E-state index in [1.165, 1.54) is 0 Å². The van der Waals surface area contributed by atoms with Crippen LogP contribution in [0.15, 0.2) is 34.5 Å². The normalized spacial score (nSPS) is 21.0. The number of carbonyl (C=O) groups excluding carboxylic acids is 1. The highest BCUT2D eigenvalue weighted by Crippen LogP contribution is 2.25. The summed E-state index contributed by atoms with van der Waals surface area (Å²) in [5, 5.41) is 8.04. The van der Waals surface area contributed by atoms with Crippen molar-refractivity contribution in [2.24, 2.45) is 10.2 Å². The van der Waals surface area contributed by atoms with Gasteiger partial charge < -0.3 is 0 Å². The van der Waals surface area contributed by atoms with E-state index in [9.17, 15) is 4.79 Å². The Bertz CT molecular complexity index is 371. The van der Waals surface area contributed by atoms with Crippen LogP contribution in [-0.4, -0.2) is 11.8 Å². The molecule has 1 aromatic carbocycles. The quantitative estimate of drug-likeness (QED) is 0.596. The molecule has 0 aromatic heterocycles. The molecule has 0 spiro atoms. The molecule has 1 aliphatic rings. The Morgan fingerprint density at radius 2 is 2.15 bits per heavy atom. The maximum Gasteiger partial charge on any atom is 0.167 e. The number of rotatable bonds is 0. The fourth-order valence-electron chi connectivity index (χ4n) is 1.38. The molecule has 66 valence electrons. The maximum absolute atomic E-state index is 11.6. The Hall–Kier alpha value is -1.51. The molecule has 0 bridgehead atoms. The maximum atomic E-state index is 11.6. The molecule has 1 unspecified atom stereocenters. The molecule has 0 aliphatic carbocycles. The van der Waals surface area contributed by atoms with Gasteiger partial charge in [0.05, 0.1) is 11.7 Å². The summed E-state index contributed by atoms with van der Waals surface area (Å²) in [5.41, 5.74) is 1.38. The number of hydrogen-bond donors (Lipinski definition) is 0. The van der Waals surface area contributed by atoms with E-state index in [2.05, 4.69) is 10.2 Å². The van der Waals surface area contributed by atoms with Gasteiger partial charge in [0, 0.05) is 12.0 Å². The van der Waals surface area contributed by atoms with E-state index in [0.717, 1.165) is 0 Å². The lowest BCUT2D eigenvalue weighted by Crippen LogP contribution is -2.05. The fraction of sp³-hybridized carbons (Fsp3) is 0.300. The summed E-state index contributed by atoms with van der Waals surface area (Å²) in [7, 11) is 0. The summed E-state index contributed by atoms with van der Waals surface area (Å²) in [6.07, 6.45) is 0.459. The van der Waals surface area contributed by atoms with Gasteiger partial charge in [0.2, 0.25) is 0 Å². The van der Waals surface area contributed by atoms with Gasteiger partial charge in [0.25, 0.3) is 0 Å². The van der Waals surface area contributed by atoms with Gasteiger partial charge in [-0.2, -0.15) is 10.2 Å². The molecule has 13 heavy (non-hydrogen) atoms. The summed E-state index contributed by atoms with van der Waals surface area (Å²) in [5.74, 6) is 0.133. The second-order valence-electron chi connectivity index (χ2n) is 3.21. The second kappa shape index (κ2) is 3.09. The average Bonchev–Trinajstić information content (AvgIpc) is 2.27. The monoisotopic (exact) mass is 174 g/mol. The number of benzene rings is 1. The van der Waals surface area contributed by atoms with Crippen LogP contribution < -0.4 is 0 Å². The lowest BCUT2D eigenvalue weighted by molar-refractivity contribution is 0.0979. The first-order chi connectivity index (χ1) is 6.27. The minimum absolute atomic E-state index is 0.0000926. The zero-order valence-corrected chi connectivity index (χ0v) is 7.40. The van der Waals surface area contributed by atoms with Gasteiger partial charge in [-0.1, -0.05) is 12.1 Å². The van der Waals surface area contributed by atoms with E-state index in [0.29, 0.717) is 17.7 Å². The fourth-order valence-corrected chi connectivity index (χ4v) is 1.38. The van der Waals surface area contributed by atoms with Gasteiger partial charge in [-0.15, -0.1) is 0 Å². The number of carbonyl (C=O) groups is 1. The van der Waals surface area contributed by atoms with Crippen LogP contribution in [0, 0.1) is 0 Å². The Labute approximate surface area is 76.5 Å². The smallest absolute Gasteiger partial charge is 0.167 e. The minimum Gasteiger partial charge on any atom is -0.294 e. The third kappa shape index (κ3) is 1.49. The molecule has 0 fully saturated rings. The molecule has 0 N–H and O–H groups in total. The lowest BCUT2D eigenvalue weighted by atomic mass is 10.0. The summed E-state index contributed by atoms with van der Waals surface area (Å²) in [6, 6.07) is 7.33. The van der Waals surface area contributed by atoms with E-state index in [1.807, 2.05) is 25.1 Å².